The lowest BCUT2D eigenvalue weighted by molar-refractivity contribution is -0.117. The first-order chi connectivity index (χ1) is 11.4. The highest BCUT2D eigenvalue weighted by Gasteiger charge is 2.31. The number of hydrazine groups is 1. The molecule has 2 atom stereocenters. The highest BCUT2D eigenvalue weighted by molar-refractivity contribution is 6.31. The SMILES string of the molecule is Cc1ccc(O)c(C2CC(C(=O)Nc3ccc(C)c(Cl)c3)NN2)c1. The standard InChI is InChI=1S/C18H20ClN3O2/c1-10-3-6-17(23)13(7-10)15-9-16(22-21-15)18(24)20-12-5-4-11(2)14(19)8-12/h3-8,15-16,21-23H,9H2,1-2H3,(H,20,24). The molecular formula is C18H20ClN3O2. The highest BCUT2D eigenvalue weighted by Crippen LogP contribution is 2.30. The van der Waals surface area contributed by atoms with Gasteiger partial charge in [-0.2, -0.15) is 0 Å². The molecule has 5 nitrogen and oxygen atoms in total. The van der Waals surface area contributed by atoms with E-state index in [9.17, 15) is 9.90 Å². The van der Waals surface area contributed by atoms with Crippen molar-refractivity contribution in [3.05, 3.63) is 58.1 Å². The number of nitrogens with one attached hydrogen (secondary N) is 3. The van der Waals surface area contributed by atoms with E-state index in [1.165, 1.54) is 0 Å². The van der Waals surface area contributed by atoms with Gasteiger partial charge >= 0.3 is 0 Å². The minimum absolute atomic E-state index is 0.123. The molecule has 3 rings (SSSR count). The van der Waals surface area contributed by atoms with E-state index in [0.717, 1.165) is 16.7 Å². The van der Waals surface area contributed by atoms with E-state index < -0.39 is 6.04 Å². The maximum atomic E-state index is 12.4. The molecule has 1 fully saturated rings. The van der Waals surface area contributed by atoms with Crippen LogP contribution in [0, 0.1) is 13.8 Å². The van der Waals surface area contributed by atoms with Crippen molar-refractivity contribution < 1.29 is 9.90 Å². The van der Waals surface area contributed by atoms with Gasteiger partial charge in [0, 0.05) is 16.3 Å². The zero-order valence-electron chi connectivity index (χ0n) is 13.6. The number of aromatic hydroxyl groups is 1. The quantitative estimate of drug-likeness (QED) is 0.689. The number of aryl methyl sites for hydroxylation is 2. The van der Waals surface area contributed by atoms with Gasteiger partial charge in [-0.1, -0.05) is 35.4 Å². The van der Waals surface area contributed by atoms with Crippen molar-refractivity contribution in [2.45, 2.75) is 32.4 Å². The number of hydrogen-bond acceptors (Lipinski definition) is 4. The van der Waals surface area contributed by atoms with Gasteiger partial charge in [0.1, 0.15) is 11.8 Å². The Morgan fingerprint density at radius 2 is 2.00 bits per heavy atom. The summed E-state index contributed by atoms with van der Waals surface area (Å²) in [5.41, 5.74) is 9.55. The van der Waals surface area contributed by atoms with Crippen LogP contribution in [0.3, 0.4) is 0 Å². The Morgan fingerprint density at radius 1 is 1.21 bits per heavy atom. The maximum absolute atomic E-state index is 12.4. The molecule has 0 radical (unpaired) electrons. The van der Waals surface area contributed by atoms with Crippen LogP contribution in [0.4, 0.5) is 5.69 Å². The van der Waals surface area contributed by atoms with Crippen LogP contribution in [0.25, 0.3) is 0 Å². The van der Waals surface area contributed by atoms with Crippen molar-refractivity contribution in [2.24, 2.45) is 0 Å². The number of phenolic OH excluding ortho intramolecular Hbond substituents is 1. The Balaban J connectivity index is 1.67. The van der Waals surface area contributed by atoms with Crippen LogP contribution in [-0.2, 0) is 4.79 Å². The normalized spacial score (nSPS) is 20.1. The molecular weight excluding hydrogens is 326 g/mol. The summed E-state index contributed by atoms with van der Waals surface area (Å²) < 4.78 is 0. The fraction of sp³-hybridized carbons (Fsp3) is 0.278. The summed E-state index contributed by atoms with van der Waals surface area (Å²) in [5.74, 6) is 0.0864. The number of anilines is 1. The summed E-state index contributed by atoms with van der Waals surface area (Å²) >= 11 is 6.09. The summed E-state index contributed by atoms with van der Waals surface area (Å²) in [7, 11) is 0. The molecule has 1 saturated heterocycles. The summed E-state index contributed by atoms with van der Waals surface area (Å²) in [6.07, 6.45) is 0.544. The van der Waals surface area contributed by atoms with Crippen LogP contribution in [0.15, 0.2) is 36.4 Å². The Morgan fingerprint density at radius 3 is 2.75 bits per heavy atom. The van der Waals surface area contributed by atoms with Crippen LogP contribution in [0.2, 0.25) is 5.02 Å². The second kappa shape index (κ2) is 6.81. The van der Waals surface area contributed by atoms with E-state index >= 15 is 0 Å². The topological polar surface area (TPSA) is 73.4 Å². The van der Waals surface area contributed by atoms with Gasteiger partial charge in [0.15, 0.2) is 0 Å². The summed E-state index contributed by atoms with van der Waals surface area (Å²) in [4.78, 5) is 12.4. The smallest absolute Gasteiger partial charge is 0.242 e. The molecule has 6 heteroatoms. The van der Waals surface area contributed by atoms with Crippen molar-refractivity contribution >= 4 is 23.2 Å². The van der Waals surface area contributed by atoms with Crippen LogP contribution in [0.5, 0.6) is 5.75 Å². The van der Waals surface area contributed by atoms with Crippen molar-refractivity contribution in [2.75, 3.05) is 5.32 Å². The van der Waals surface area contributed by atoms with E-state index in [-0.39, 0.29) is 17.7 Å². The first kappa shape index (κ1) is 16.8. The largest absolute Gasteiger partial charge is 0.508 e. The third-order valence-corrected chi connectivity index (χ3v) is 4.62. The maximum Gasteiger partial charge on any atom is 0.242 e. The molecule has 2 aromatic rings. The van der Waals surface area contributed by atoms with Crippen molar-refractivity contribution in [1.82, 2.24) is 10.9 Å². The lowest BCUT2D eigenvalue weighted by Crippen LogP contribution is -2.39. The first-order valence-electron chi connectivity index (χ1n) is 7.81. The Labute approximate surface area is 146 Å². The molecule has 0 saturated carbocycles. The fourth-order valence-corrected chi connectivity index (χ4v) is 2.97. The monoisotopic (exact) mass is 345 g/mol. The molecule has 0 aromatic heterocycles. The van der Waals surface area contributed by atoms with E-state index in [4.69, 9.17) is 11.6 Å². The third-order valence-electron chi connectivity index (χ3n) is 4.22. The van der Waals surface area contributed by atoms with Gasteiger partial charge in [-0.3, -0.25) is 4.79 Å². The third kappa shape index (κ3) is 3.53. The van der Waals surface area contributed by atoms with Gasteiger partial charge in [0.25, 0.3) is 0 Å². The Hall–Kier alpha value is -2.08. The fourth-order valence-electron chi connectivity index (χ4n) is 2.79. The number of benzene rings is 2. The number of amides is 1. The number of phenols is 1. The van der Waals surface area contributed by atoms with E-state index in [1.807, 2.05) is 38.1 Å². The molecule has 1 heterocycles. The number of rotatable bonds is 3. The van der Waals surface area contributed by atoms with E-state index in [2.05, 4.69) is 16.2 Å². The second-order valence-electron chi connectivity index (χ2n) is 6.15. The molecule has 0 bridgehead atoms. The van der Waals surface area contributed by atoms with Gasteiger partial charge in [0.05, 0.1) is 6.04 Å². The van der Waals surface area contributed by atoms with Crippen molar-refractivity contribution in [3.63, 3.8) is 0 Å². The molecule has 1 aliphatic rings. The van der Waals surface area contributed by atoms with Crippen LogP contribution in [-0.4, -0.2) is 17.1 Å². The minimum Gasteiger partial charge on any atom is -0.508 e. The number of carbonyl (C=O) groups is 1. The highest BCUT2D eigenvalue weighted by atomic mass is 35.5. The lowest BCUT2D eigenvalue weighted by Gasteiger charge is -2.13. The van der Waals surface area contributed by atoms with Gasteiger partial charge < -0.3 is 10.4 Å². The van der Waals surface area contributed by atoms with Gasteiger partial charge in [0.2, 0.25) is 5.91 Å². The van der Waals surface area contributed by atoms with E-state index in [1.54, 1.807) is 12.1 Å². The molecule has 0 aliphatic carbocycles. The van der Waals surface area contributed by atoms with Crippen LogP contribution < -0.4 is 16.2 Å². The molecule has 24 heavy (non-hydrogen) atoms. The lowest BCUT2D eigenvalue weighted by atomic mass is 9.99. The molecule has 2 unspecified atom stereocenters. The minimum atomic E-state index is -0.394. The molecule has 4 N–H and O–H groups in total. The Kier molecular flexibility index (Phi) is 4.76. The number of carbonyl (C=O) groups excluding carboxylic acids is 1. The molecule has 1 aliphatic heterocycles. The van der Waals surface area contributed by atoms with Crippen LogP contribution >= 0.6 is 11.6 Å². The predicted octanol–water partition coefficient (Wildman–Crippen LogP) is 3.21. The molecule has 0 spiro atoms. The number of hydrogen-bond donors (Lipinski definition) is 4. The average molecular weight is 346 g/mol. The molecule has 2 aromatic carbocycles. The number of halogens is 1. The van der Waals surface area contributed by atoms with E-state index in [0.29, 0.717) is 17.1 Å². The second-order valence-corrected chi connectivity index (χ2v) is 6.55. The van der Waals surface area contributed by atoms with Gasteiger partial charge in [-0.25, -0.2) is 10.9 Å². The molecule has 126 valence electrons. The zero-order chi connectivity index (χ0) is 17.3. The van der Waals surface area contributed by atoms with Gasteiger partial charge in [-0.05, 0) is 44.0 Å². The zero-order valence-corrected chi connectivity index (χ0v) is 14.3. The predicted molar refractivity (Wildman–Crippen MR) is 95.1 cm³/mol. The van der Waals surface area contributed by atoms with Crippen LogP contribution in [0.1, 0.15) is 29.2 Å². The average Bonchev–Trinajstić information content (AvgIpc) is 3.03. The van der Waals surface area contributed by atoms with Crippen molar-refractivity contribution in [1.29, 1.82) is 0 Å². The summed E-state index contributed by atoms with van der Waals surface area (Å²) in [5, 5.41) is 13.5. The molecule has 1 amide bonds. The first-order valence-corrected chi connectivity index (χ1v) is 8.19. The Bertz CT molecular complexity index is 779. The van der Waals surface area contributed by atoms with Crippen molar-refractivity contribution in [3.8, 4) is 5.75 Å². The van der Waals surface area contributed by atoms with Gasteiger partial charge in [-0.15, -0.1) is 0 Å². The summed E-state index contributed by atoms with van der Waals surface area (Å²) in [6, 6.07) is 10.4. The summed E-state index contributed by atoms with van der Waals surface area (Å²) in [6.45, 7) is 3.88.